The van der Waals surface area contributed by atoms with E-state index in [-0.39, 0.29) is 11.6 Å². The lowest BCUT2D eigenvalue weighted by Gasteiger charge is -1.82. The first-order valence-electron chi connectivity index (χ1n) is 3.89. The molecule has 0 radical (unpaired) electrons. The predicted molar refractivity (Wildman–Crippen MR) is 50.5 cm³/mol. The minimum absolute atomic E-state index is 0.0787. The average Bonchev–Trinajstić information content (AvgIpc) is 2.93. The second-order valence-corrected chi connectivity index (χ2v) is 2.40. The molecule has 0 atom stereocenters. The molecule has 2 rings (SSSR count). The summed E-state index contributed by atoms with van der Waals surface area (Å²) in [5, 5.41) is 30.7. The summed E-state index contributed by atoms with van der Waals surface area (Å²) in [6, 6.07) is 2.58. The van der Waals surface area contributed by atoms with Gasteiger partial charge in [-0.2, -0.15) is 0 Å². The van der Waals surface area contributed by atoms with Crippen LogP contribution in [0.25, 0.3) is 0 Å². The molecular weight excluding hydrogens is 220 g/mol. The number of nitrogens with one attached hydrogen (secondary N) is 2. The quantitative estimate of drug-likeness (QED) is 0.567. The Morgan fingerprint density at radius 1 is 0.938 bits per heavy atom. The van der Waals surface area contributed by atoms with Crippen LogP contribution in [0.1, 0.15) is 0 Å². The molecule has 2 aromatic rings. The average molecular weight is 226 g/mol. The molecule has 0 fully saturated rings. The number of aromatic nitrogens is 4. The van der Waals surface area contributed by atoms with Crippen molar-refractivity contribution >= 4 is 11.6 Å². The van der Waals surface area contributed by atoms with Gasteiger partial charge in [-0.25, -0.2) is 0 Å². The minimum atomic E-state index is -0.535. The maximum absolute atomic E-state index is 9.80. The lowest BCUT2D eigenvalue weighted by atomic mass is 10.7. The second kappa shape index (κ2) is 5.19. The molecule has 0 spiro atoms. The highest BCUT2D eigenvalue weighted by Crippen LogP contribution is 2.00. The Kier molecular flexibility index (Phi) is 3.66. The van der Waals surface area contributed by atoms with Crippen molar-refractivity contribution in [2.45, 2.75) is 0 Å². The molecule has 0 bridgehead atoms. The fourth-order valence-corrected chi connectivity index (χ4v) is 0.700. The summed E-state index contributed by atoms with van der Waals surface area (Å²) in [6.45, 7) is 0. The Hall–Kier alpha value is -2.78. The largest absolute Gasteiger partial charge is 0.358 e. The van der Waals surface area contributed by atoms with Crippen molar-refractivity contribution in [2.75, 3.05) is 0 Å². The molecule has 0 unspecified atom stereocenters. The summed E-state index contributed by atoms with van der Waals surface area (Å²) in [4.78, 5) is 18.5. The normalized spacial score (nSPS) is 9.00. The predicted octanol–water partition coefficient (Wildman–Crippen LogP) is 0.636. The maximum Gasteiger partial charge on any atom is 0.342 e. The van der Waals surface area contributed by atoms with Gasteiger partial charge in [0.2, 0.25) is 0 Å². The summed E-state index contributed by atoms with van der Waals surface area (Å²) >= 11 is 0. The van der Waals surface area contributed by atoms with E-state index in [2.05, 4.69) is 20.4 Å². The van der Waals surface area contributed by atoms with E-state index in [1.807, 2.05) is 0 Å². The van der Waals surface area contributed by atoms with E-state index in [0.717, 1.165) is 0 Å². The fourth-order valence-electron chi connectivity index (χ4n) is 0.700. The van der Waals surface area contributed by atoms with Crippen molar-refractivity contribution in [1.82, 2.24) is 20.4 Å². The van der Waals surface area contributed by atoms with E-state index in [0.29, 0.717) is 0 Å². The topological polar surface area (TPSA) is 144 Å². The molecule has 10 nitrogen and oxygen atoms in total. The summed E-state index contributed by atoms with van der Waals surface area (Å²) < 4.78 is 0. The lowest BCUT2D eigenvalue weighted by molar-refractivity contribution is -0.389. The molecule has 0 aliphatic heterocycles. The monoisotopic (exact) mass is 226 g/mol. The first-order valence-corrected chi connectivity index (χ1v) is 3.89. The smallest absolute Gasteiger partial charge is 0.342 e. The van der Waals surface area contributed by atoms with E-state index in [4.69, 9.17) is 0 Å². The highest BCUT2D eigenvalue weighted by Gasteiger charge is 2.00. The van der Waals surface area contributed by atoms with Crippen LogP contribution in [0.5, 0.6) is 0 Å². The fraction of sp³-hybridized carbons (Fsp3) is 0. The molecule has 2 heterocycles. The number of hydrogen-bond acceptors (Lipinski definition) is 6. The van der Waals surface area contributed by atoms with Crippen LogP contribution < -0.4 is 0 Å². The van der Waals surface area contributed by atoms with Crippen LogP contribution in [0.2, 0.25) is 0 Å². The summed E-state index contributed by atoms with van der Waals surface area (Å²) in [7, 11) is 0. The Morgan fingerprint density at radius 2 is 1.31 bits per heavy atom. The van der Waals surface area contributed by atoms with Crippen LogP contribution in [0.15, 0.2) is 24.5 Å². The SMILES string of the molecule is O=[N+]([O-])c1ccn[nH]1.O=[N+]([O-])c1ccn[nH]1. The Bertz CT molecular complexity index is 405. The van der Waals surface area contributed by atoms with Crippen molar-refractivity contribution in [1.29, 1.82) is 0 Å². The summed E-state index contributed by atoms with van der Waals surface area (Å²) in [6.07, 6.45) is 2.66. The third kappa shape index (κ3) is 3.17. The van der Waals surface area contributed by atoms with Crippen molar-refractivity contribution in [3.63, 3.8) is 0 Å². The standard InChI is InChI=1S/2C3H3N3O2/c2*7-6(8)3-1-2-4-5-3/h2*1-2H,(H,4,5). The van der Waals surface area contributed by atoms with Gasteiger partial charge in [-0.15, -0.1) is 10.2 Å². The van der Waals surface area contributed by atoms with Gasteiger partial charge in [0.1, 0.15) is 0 Å². The Morgan fingerprint density at radius 3 is 1.44 bits per heavy atom. The van der Waals surface area contributed by atoms with E-state index in [9.17, 15) is 20.2 Å². The molecule has 0 saturated carbocycles. The van der Waals surface area contributed by atoms with Gasteiger partial charge in [0.25, 0.3) is 0 Å². The lowest BCUT2D eigenvalue weighted by Crippen LogP contribution is -1.86. The van der Waals surface area contributed by atoms with Gasteiger partial charge < -0.3 is 20.2 Å². The van der Waals surface area contributed by atoms with Crippen molar-refractivity contribution < 1.29 is 9.85 Å². The Balaban J connectivity index is 0.000000160. The van der Waals surface area contributed by atoms with Gasteiger partial charge >= 0.3 is 11.6 Å². The second-order valence-electron chi connectivity index (χ2n) is 2.40. The zero-order valence-electron chi connectivity index (χ0n) is 7.73. The number of nitrogens with zero attached hydrogens (tertiary/aromatic N) is 4. The zero-order chi connectivity index (χ0) is 12.0. The molecule has 0 aliphatic rings. The number of rotatable bonds is 2. The molecule has 0 amide bonds. The van der Waals surface area contributed by atoms with Crippen molar-refractivity contribution in [3.8, 4) is 0 Å². The van der Waals surface area contributed by atoms with Crippen LogP contribution in [0, 0.1) is 20.2 Å². The number of hydrogen-bond donors (Lipinski definition) is 2. The van der Waals surface area contributed by atoms with Crippen LogP contribution >= 0.6 is 0 Å². The van der Waals surface area contributed by atoms with E-state index >= 15 is 0 Å². The van der Waals surface area contributed by atoms with Gasteiger partial charge in [0.15, 0.2) is 0 Å². The molecule has 16 heavy (non-hydrogen) atoms. The summed E-state index contributed by atoms with van der Waals surface area (Å²) in [5.41, 5.74) is 0. The van der Waals surface area contributed by atoms with Crippen molar-refractivity contribution in [2.24, 2.45) is 0 Å². The molecule has 0 aliphatic carbocycles. The molecule has 0 aromatic carbocycles. The molecule has 2 N–H and O–H groups in total. The van der Waals surface area contributed by atoms with E-state index in [1.165, 1.54) is 24.5 Å². The van der Waals surface area contributed by atoms with E-state index in [1.54, 1.807) is 0 Å². The van der Waals surface area contributed by atoms with Gasteiger partial charge in [0, 0.05) is 0 Å². The van der Waals surface area contributed by atoms with Crippen LogP contribution in [0.3, 0.4) is 0 Å². The third-order valence-electron chi connectivity index (χ3n) is 1.37. The highest BCUT2D eigenvalue weighted by molar-refractivity contribution is 5.12. The molecule has 84 valence electrons. The van der Waals surface area contributed by atoms with E-state index < -0.39 is 9.85 Å². The van der Waals surface area contributed by atoms with Crippen molar-refractivity contribution in [3.05, 3.63) is 44.8 Å². The van der Waals surface area contributed by atoms with Crippen LogP contribution in [-0.2, 0) is 0 Å². The zero-order valence-corrected chi connectivity index (χ0v) is 7.73. The molecular formula is C6H6N6O4. The molecule has 10 heteroatoms. The maximum atomic E-state index is 9.80. The Labute approximate surface area is 87.6 Å². The number of H-pyrrole nitrogens is 2. The molecule has 2 aromatic heterocycles. The number of nitro groups is 2. The van der Waals surface area contributed by atoms with Gasteiger partial charge in [-0.05, 0) is 9.85 Å². The first-order chi connectivity index (χ1) is 7.61. The van der Waals surface area contributed by atoms with Crippen LogP contribution in [0.4, 0.5) is 11.6 Å². The van der Waals surface area contributed by atoms with Gasteiger partial charge in [-0.3, -0.25) is 0 Å². The number of aromatic amines is 2. The first kappa shape index (κ1) is 11.3. The summed E-state index contributed by atoms with van der Waals surface area (Å²) in [5.74, 6) is -0.157. The minimum Gasteiger partial charge on any atom is -0.358 e. The van der Waals surface area contributed by atoms with Crippen LogP contribution in [-0.4, -0.2) is 30.2 Å². The third-order valence-corrected chi connectivity index (χ3v) is 1.37. The molecule has 0 saturated heterocycles. The van der Waals surface area contributed by atoms with Gasteiger partial charge in [0.05, 0.1) is 24.5 Å². The van der Waals surface area contributed by atoms with Gasteiger partial charge in [-0.1, -0.05) is 10.2 Å². The highest BCUT2D eigenvalue weighted by atomic mass is 16.6.